The van der Waals surface area contributed by atoms with Crippen molar-refractivity contribution in [3.05, 3.63) is 97.8 Å². The molecule has 6 aromatic rings. The van der Waals surface area contributed by atoms with Crippen molar-refractivity contribution in [1.29, 1.82) is 0 Å². The molecule has 4 aromatic heterocycles. The van der Waals surface area contributed by atoms with E-state index in [-0.39, 0.29) is 79.7 Å². The summed E-state index contributed by atoms with van der Waals surface area (Å²) in [4.78, 5) is 38.5. The van der Waals surface area contributed by atoms with E-state index in [2.05, 4.69) is 25.2 Å². The second-order valence-electron chi connectivity index (χ2n) is 16.4. The minimum atomic E-state index is -3.91. The number of nitrogens with zero attached hydrogens (tertiary/aromatic N) is 7. The lowest BCUT2D eigenvalue weighted by Crippen LogP contribution is -2.38. The number of hydrogen-bond donors (Lipinski definition) is 2. The number of benzene rings is 2. The van der Waals surface area contributed by atoms with E-state index in [0.29, 0.717) is 10.7 Å². The molecule has 63 heavy (non-hydrogen) atoms. The number of ether oxygens (including phenoxy) is 1. The van der Waals surface area contributed by atoms with E-state index >= 15 is 8.78 Å². The topological polar surface area (TPSA) is 168 Å². The van der Waals surface area contributed by atoms with Gasteiger partial charge in [0.2, 0.25) is 21.8 Å². The number of hydrogen-bond acceptors (Lipinski definition) is 9. The number of nitrogens with one attached hydrogen (secondary N) is 2. The highest BCUT2D eigenvalue weighted by molar-refractivity contribution is 7.92. The molecule has 9 rings (SSSR count). The molecule has 2 fully saturated rings. The van der Waals surface area contributed by atoms with Crippen LogP contribution < -0.4 is 20.3 Å². The maximum atomic E-state index is 15.5. The Morgan fingerprint density at radius 3 is 2.44 bits per heavy atom. The van der Waals surface area contributed by atoms with Gasteiger partial charge in [-0.05, 0) is 73.9 Å². The molecule has 4 atom stereocenters. The van der Waals surface area contributed by atoms with Crippen LogP contribution in [0.25, 0.3) is 27.6 Å². The van der Waals surface area contributed by atoms with Crippen LogP contribution in [-0.2, 0) is 40.8 Å². The van der Waals surface area contributed by atoms with Crippen LogP contribution in [-0.4, -0.2) is 60.8 Å². The van der Waals surface area contributed by atoms with Gasteiger partial charge in [0.05, 0.1) is 39.3 Å². The number of carbonyl (C=O) groups is 1. The molecule has 0 bridgehead atoms. The number of fused-ring (bicyclic) bond motifs is 5. The van der Waals surface area contributed by atoms with Gasteiger partial charge in [-0.25, -0.2) is 31.0 Å². The van der Waals surface area contributed by atoms with E-state index in [1.165, 1.54) is 36.0 Å². The lowest BCUT2D eigenvalue weighted by Gasteiger charge is -2.24. The van der Waals surface area contributed by atoms with E-state index < -0.39 is 87.7 Å². The van der Waals surface area contributed by atoms with Crippen LogP contribution in [0.3, 0.4) is 0 Å². The monoisotopic (exact) mass is 917 g/mol. The fraction of sp³-hybridized carbons (Fsp3) is 0.415. The lowest BCUT2D eigenvalue weighted by atomic mass is 10.0. The Kier molecular flexibility index (Phi) is 10.5. The van der Waals surface area contributed by atoms with Gasteiger partial charge >= 0.3 is 0 Å². The van der Waals surface area contributed by atoms with Crippen LogP contribution in [0.1, 0.15) is 85.8 Å². The SMILES string of the molecule is C[C@@H](Oc1ccc2c(=O)n(-c3ccc(Cl)c4c(NS(C)(=O)=O)nn(C)c34)c([C@H](Cc3cc(F)cc(F)c3)NC(=O)Cn3nc(C(F)F)c4c3C(F)(F)[C@@H]3C[C@H]43)nc2n1)C1CCCC1. The van der Waals surface area contributed by atoms with Crippen molar-refractivity contribution in [2.24, 2.45) is 18.9 Å². The summed E-state index contributed by atoms with van der Waals surface area (Å²) in [6, 6.07) is 6.77. The van der Waals surface area contributed by atoms with Crippen LogP contribution in [0.2, 0.25) is 5.02 Å². The van der Waals surface area contributed by atoms with Gasteiger partial charge in [0.1, 0.15) is 41.5 Å². The number of sulfonamides is 1. The van der Waals surface area contributed by atoms with Crippen LogP contribution in [0.15, 0.2) is 47.3 Å². The van der Waals surface area contributed by atoms with Crippen molar-refractivity contribution in [2.75, 3.05) is 11.0 Å². The number of aryl methyl sites for hydroxylation is 1. The largest absolute Gasteiger partial charge is 0.474 e. The zero-order valence-electron chi connectivity index (χ0n) is 33.7. The van der Waals surface area contributed by atoms with Gasteiger partial charge in [0, 0.05) is 37.1 Å². The summed E-state index contributed by atoms with van der Waals surface area (Å²) in [7, 11) is -2.46. The minimum Gasteiger partial charge on any atom is -0.474 e. The maximum Gasteiger partial charge on any atom is 0.293 e. The van der Waals surface area contributed by atoms with Gasteiger partial charge in [-0.2, -0.15) is 24.0 Å². The number of alkyl halides is 4. The summed E-state index contributed by atoms with van der Waals surface area (Å²) in [6.45, 7) is 0.922. The highest BCUT2D eigenvalue weighted by Gasteiger charge is 2.67. The highest BCUT2D eigenvalue weighted by Crippen LogP contribution is 2.68. The van der Waals surface area contributed by atoms with Crippen molar-refractivity contribution in [3.8, 4) is 11.6 Å². The first-order valence-electron chi connectivity index (χ1n) is 20.0. The molecule has 2 N–H and O–H groups in total. The summed E-state index contributed by atoms with van der Waals surface area (Å²) >= 11 is 6.63. The van der Waals surface area contributed by atoms with Crippen molar-refractivity contribution in [1.82, 2.24) is 39.4 Å². The van der Waals surface area contributed by atoms with Gasteiger partial charge in [0.15, 0.2) is 11.5 Å². The quantitative estimate of drug-likeness (QED) is 0.112. The average Bonchev–Trinajstić information content (AvgIpc) is 3.43. The second-order valence-corrected chi connectivity index (χ2v) is 18.6. The third-order valence-electron chi connectivity index (χ3n) is 12.0. The molecule has 0 spiro atoms. The molecule has 0 aliphatic heterocycles. The van der Waals surface area contributed by atoms with Crippen LogP contribution in [0, 0.1) is 23.5 Å². The average molecular weight is 918 g/mol. The summed E-state index contributed by atoms with van der Waals surface area (Å²) in [6.07, 6.45) is 0.986. The first-order valence-corrected chi connectivity index (χ1v) is 22.3. The fourth-order valence-electron chi connectivity index (χ4n) is 9.22. The van der Waals surface area contributed by atoms with Crippen molar-refractivity contribution in [2.45, 2.75) is 82.4 Å². The standard InChI is InChI=1S/C41H38ClF6N9O5S/c1-18(20-6-4-5-7-20)62-30-11-8-23-37(50-30)51-39(57(40(23)59)28-10-9-26(42)32-34(28)55(2)53-38(32)54-63(3,60)61)27(14-19-12-21(43)15-22(44)13-19)49-29(58)17-56-35-31(33(52-56)36(45)46)24-16-25(24)41(35,47)48/h8-13,15,18,20,24-25,27,36H,4-7,14,16-17H2,1-3H3,(H,49,58)(H,53,54)/t18-,24+,25-,27+/m1/s1. The Labute approximate surface area is 359 Å². The number of halogens is 7. The molecule has 0 unspecified atom stereocenters. The van der Waals surface area contributed by atoms with E-state index in [0.717, 1.165) is 48.6 Å². The summed E-state index contributed by atoms with van der Waals surface area (Å²) in [5.74, 6) is -8.70. The van der Waals surface area contributed by atoms with Crippen molar-refractivity contribution >= 4 is 55.3 Å². The molecule has 0 saturated heterocycles. The van der Waals surface area contributed by atoms with Gasteiger partial charge in [-0.15, -0.1) is 0 Å². The number of carbonyl (C=O) groups excluding carboxylic acids is 1. The lowest BCUT2D eigenvalue weighted by molar-refractivity contribution is -0.123. The maximum absolute atomic E-state index is 15.5. The third-order valence-corrected chi connectivity index (χ3v) is 12.9. The van der Waals surface area contributed by atoms with E-state index in [4.69, 9.17) is 21.3 Å². The van der Waals surface area contributed by atoms with Gasteiger partial charge in [-0.1, -0.05) is 24.4 Å². The summed E-state index contributed by atoms with van der Waals surface area (Å²) < 4.78 is 125. The number of pyridine rings is 1. The third kappa shape index (κ3) is 7.76. The first kappa shape index (κ1) is 42.6. The Balaban J connectivity index is 1.23. The van der Waals surface area contributed by atoms with E-state index in [1.54, 1.807) is 0 Å². The Morgan fingerprint density at radius 2 is 1.76 bits per heavy atom. The molecule has 4 heterocycles. The fourth-order valence-corrected chi connectivity index (χ4v) is 9.96. The van der Waals surface area contributed by atoms with Gasteiger partial charge < -0.3 is 10.1 Å². The van der Waals surface area contributed by atoms with Crippen LogP contribution in [0.4, 0.5) is 32.2 Å². The molecule has 1 amide bonds. The zero-order chi connectivity index (χ0) is 44.9. The molecular formula is C41H38ClF6N9O5S. The van der Waals surface area contributed by atoms with Gasteiger partial charge in [-0.3, -0.25) is 28.2 Å². The van der Waals surface area contributed by atoms with Gasteiger partial charge in [0.25, 0.3) is 17.9 Å². The Bertz CT molecular complexity index is 3010. The molecule has 0 radical (unpaired) electrons. The smallest absolute Gasteiger partial charge is 0.293 e. The van der Waals surface area contributed by atoms with Crippen LogP contribution >= 0.6 is 11.6 Å². The number of aromatic nitrogens is 7. The number of anilines is 1. The van der Waals surface area contributed by atoms with Crippen molar-refractivity contribution < 1.29 is 44.3 Å². The molecule has 2 aromatic carbocycles. The molecule has 3 aliphatic rings. The molecule has 22 heteroatoms. The Morgan fingerprint density at radius 1 is 1.05 bits per heavy atom. The molecule has 3 aliphatic carbocycles. The van der Waals surface area contributed by atoms with Crippen molar-refractivity contribution in [3.63, 3.8) is 0 Å². The zero-order valence-corrected chi connectivity index (χ0v) is 35.3. The number of amides is 1. The highest BCUT2D eigenvalue weighted by atomic mass is 35.5. The normalized spacial score (nSPS) is 19.1. The van der Waals surface area contributed by atoms with Crippen LogP contribution in [0.5, 0.6) is 5.88 Å². The van der Waals surface area contributed by atoms with E-state index in [1.807, 2.05) is 6.92 Å². The number of rotatable bonds is 13. The molecule has 14 nitrogen and oxygen atoms in total. The second kappa shape index (κ2) is 15.5. The summed E-state index contributed by atoms with van der Waals surface area (Å²) in [5, 5.41) is 10.8. The molecular weight excluding hydrogens is 880 g/mol. The first-order chi connectivity index (χ1) is 29.8. The van der Waals surface area contributed by atoms with E-state index in [9.17, 15) is 35.6 Å². The predicted octanol–water partition coefficient (Wildman–Crippen LogP) is 7.37. The summed E-state index contributed by atoms with van der Waals surface area (Å²) in [5.41, 5.74) is -2.80. The predicted molar refractivity (Wildman–Crippen MR) is 218 cm³/mol. The Hall–Kier alpha value is -5.70. The molecule has 332 valence electrons. The molecule has 2 saturated carbocycles. The minimum absolute atomic E-state index is 0.00420.